The molecule has 0 rings (SSSR count). The van der Waals surface area contributed by atoms with Crippen LogP contribution in [-0.2, 0) is 0 Å². The van der Waals surface area contributed by atoms with Gasteiger partial charge in [0.05, 0.1) is 26.7 Å². The second kappa shape index (κ2) is 37.4. The molecule has 0 saturated carbocycles. The number of hydrogen-bond acceptors (Lipinski definition) is 0. The lowest BCUT2D eigenvalue weighted by molar-refractivity contribution is -0.898. The van der Waals surface area contributed by atoms with Gasteiger partial charge in [-0.25, -0.2) is 0 Å². The van der Waals surface area contributed by atoms with E-state index in [0.717, 1.165) is 17.6 Å². The number of quaternary nitrogens is 1. The van der Waals surface area contributed by atoms with Crippen molar-refractivity contribution >= 4 is 34.0 Å². The van der Waals surface area contributed by atoms with Crippen LogP contribution in [0.15, 0.2) is 25.3 Å². The molecule has 0 aliphatic rings. The van der Waals surface area contributed by atoms with Crippen molar-refractivity contribution in [3.8, 4) is 0 Å². The van der Waals surface area contributed by atoms with Crippen molar-refractivity contribution in [1.29, 1.82) is 0 Å². The summed E-state index contributed by atoms with van der Waals surface area (Å²) in [6.45, 7) is 18.0. The molecule has 0 heterocycles. The zero-order valence-corrected chi connectivity index (χ0v) is 28.1. The molecule has 0 unspecified atom stereocenters. The molecule has 0 atom stereocenters. The summed E-state index contributed by atoms with van der Waals surface area (Å²) >= 11 is 0. The third-order valence-electron chi connectivity index (χ3n) is 6.15. The molecule has 0 radical (unpaired) electrons. The highest BCUT2D eigenvalue weighted by Gasteiger charge is 2.16. The Morgan fingerprint density at radius 1 is 0.485 bits per heavy atom. The van der Waals surface area contributed by atoms with Gasteiger partial charge in [0.2, 0.25) is 0 Å². The van der Waals surface area contributed by atoms with Crippen LogP contribution in [-0.4, -0.2) is 31.2 Å². The molecule has 0 fully saturated rings. The van der Waals surface area contributed by atoms with Crippen LogP contribution >= 0.6 is 34.0 Å². The maximum Gasteiger partial charge on any atom is 0.0971 e. The molecule has 4 heteroatoms. The van der Waals surface area contributed by atoms with E-state index in [-0.39, 0.29) is 50.9 Å². The standard InChI is InChI=1S/C19H38N.C10H22.3BrH/c1-5-8-9-10-11-12-13-14-15-16-19-20(4,17-6-2)18-7-3;1-3-5-7-9-10-8-6-4-2;;;/h6-7H,2-3,5,8-19H2,1,4H3;3-10H2,1-2H3;3*1H/q+1;;;;/p-1. The molecule has 0 aliphatic heterocycles. The summed E-state index contributed by atoms with van der Waals surface area (Å²) in [5.41, 5.74) is 0. The highest BCUT2D eigenvalue weighted by Crippen LogP contribution is 2.12. The quantitative estimate of drug-likeness (QED) is 0.0625. The molecule has 0 bridgehead atoms. The molecule has 0 spiro atoms. The van der Waals surface area contributed by atoms with E-state index < -0.39 is 0 Å². The van der Waals surface area contributed by atoms with Gasteiger partial charge in [-0.05, 0) is 25.0 Å². The number of likely N-dealkylation sites (N-methyl/N-ethyl adjacent to an activating group) is 1. The molecule has 0 saturated heterocycles. The summed E-state index contributed by atoms with van der Waals surface area (Å²) in [5, 5.41) is 0. The van der Waals surface area contributed by atoms with Crippen molar-refractivity contribution < 1.29 is 21.5 Å². The Balaban J connectivity index is -0.000000173. The lowest BCUT2D eigenvalue weighted by Crippen LogP contribution is -3.00. The van der Waals surface area contributed by atoms with E-state index in [1.54, 1.807) is 0 Å². The molecule has 0 amide bonds. The molecule has 0 aromatic rings. The fraction of sp³-hybridized carbons (Fsp3) is 0.862. The summed E-state index contributed by atoms with van der Waals surface area (Å²) in [6.07, 6.45) is 29.7. The summed E-state index contributed by atoms with van der Waals surface area (Å²) in [7, 11) is 2.32. The first kappa shape index (κ1) is 43.9. The average Bonchev–Trinajstić information content (AvgIpc) is 2.73. The minimum Gasteiger partial charge on any atom is -1.00 e. The first-order valence-corrected chi connectivity index (χ1v) is 13.7. The number of nitrogens with zero attached hydrogens (tertiary/aromatic N) is 1. The van der Waals surface area contributed by atoms with Gasteiger partial charge in [-0.3, -0.25) is 0 Å². The van der Waals surface area contributed by atoms with Crippen LogP contribution in [0.2, 0.25) is 0 Å². The minimum absolute atomic E-state index is 0. The van der Waals surface area contributed by atoms with E-state index in [4.69, 9.17) is 0 Å². The van der Waals surface area contributed by atoms with E-state index in [1.165, 1.54) is 122 Å². The van der Waals surface area contributed by atoms with Crippen LogP contribution in [0, 0.1) is 0 Å². The summed E-state index contributed by atoms with van der Waals surface area (Å²) in [4.78, 5) is 0. The van der Waals surface area contributed by atoms with Gasteiger partial charge < -0.3 is 21.5 Å². The Kier molecular flexibility index (Phi) is 49.8. The molecule has 0 aromatic carbocycles. The van der Waals surface area contributed by atoms with Gasteiger partial charge in [0, 0.05) is 0 Å². The number of rotatable bonds is 22. The Morgan fingerprint density at radius 3 is 0.970 bits per heavy atom. The maximum atomic E-state index is 3.88. The average molecular weight is 665 g/mol. The Hall–Kier alpha value is 0.880. The molecule has 0 aliphatic carbocycles. The number of unbranched alkanes of at least 4 members (excludes halogenated alkanes) is 16. The predicted molar refractivity (Wildman–Crippen MR) is 162 cm³/mol. The van der Waals surface area contributed by atoms with E-state index in [9.17, 15) is 0 Å². The van der Waals surface area contributed by atoms with Gasteiger partial charge in [0.15, 0.2) is 0 Å². The van der Waals surface area contributed by atoms with Crippen LogP contribution < -0.4 is 17.0 Å². The fourth-order valence-electron chi connectivity index (χ4n) is 4.07. The van der Waals surface area contributed by atoms with Crippen LogP contribution in [0.5, 0.6) is 0 Å². The Morgan fingerprint density at radius 2 is 0.727 bits per heavy atom. The van der Waals surface area contributed by atoms with Gasteiger partial charge in [-0.1, -0.05) is 137 Å². The Bertz CT molecular complexity index is 330. The van der Waals surface area contributed by atoms with Crippen LogP contribution in [0.25, 0.3) is 0 Å². The normalized spacial score (nSPS) is 10.1. The van der Waals surface area contributed by atoms with Crippen LogP contribution in [0.4, 0.5) is 0 Å². The number of hydrogen-bond donors (Lipinski definition) is 0. The highest BCUT2D eigenvalue weighted by atomic mass is 79.9. The zero-order valence-electron chi connectivity index (χ0n) is 23.1. The summed E-state index contributed by atoms with van der Waals surface area (Å²) in [6, 6.07) is 0. The molecule has 204 valence electrons. The predicted octanol–water partition coefficient (Wildman–Crippen LogP) is 8.03. The molecule has 0 aromatic heterocycles. The van der Waals surface area contributed by atoms with Gasteiger partial charge in [-0.15, -0.1) is 34.0 Å². The van der Waals surface area contributed by atoms with Gasteiger partial charge in [0.25, 0.3) is 0 Å². The zero-order chi connectivity index (χ0) is 22.8. The van der Waals surface area contributed by atoms with Crippen molar-refractivity contribution in [3.63, 3.8) is 0 Å². The fourth-order valence-corrected chi connectivity index (χ4v) is 4.07. The first-order chi connectivity index (χ1) is 14.6. The maximum absolute atomic E-state index is 3.88. The van der Waals surface area contributed by atoms with Gasteiger partial charge in [0.1, 0.15) is 0 Å². The van der Waals surface area contributed by atoms with Crippen molar-refractivity contribution in [2.24, 2.45) is 0 Å². The van der Waals surface area contributed by atoms with Crippen molar-refractivity contribution in [2.45, 2.75) is 136 Å². The van der Waals surface area contributed by atoms with Crippen molar-refractivity contribution in [3.05, 3.63) is 25.3 Å². The SMILES string of the molecule is Br.Br.C=CC[N+](C)(CC=C)CCCCCCCCCCCC.CCCCCCCCCC.[Br-]. The molecular weight excluding hydrogens is 602 g/mol. The second-order valence-electron chi connectivity index (χ2n) is 9.59. The summed E-state index contributed by atoms with van der Waals surface area (Å²) in [5.74, 6) is 0. The monoisotopic (exact) mass is 661 g/mol. The molecule has 33 heavy (non-hydrogen) atoms. The summed E-state index contributed by atoms with van der Waals surface area (Å²) < 4.78 is 1.07. The second-order valence-corrected chi connectivity index (χ2v) is 9.59. The van der Waals surface area contributed by atoms with Gasteiger partial charge >= 0.3 is 0 Å². The first-order valence-electron chi connectivity index (χ1n) is 13.7. The molecule has 0 N–H and O–H groups in total. The molecule has 1 nitrogen and oxygen atoms in total. The lowest BCUT2D eigenvalue weighted by atomic mass is 10.1. The number of halogens is 3. The van der Waals surface area contributed by atoms with Crippen molar-refractivity contribution in [2.75, 3.05) is 26.7 Å². The molecular formula is C29H62Br3N. The lowest BCUT2D eigenvalue weighted by Gasteiger charge is -2.32. The topological polar surface area (TPSA) is 0 Å². The smallest absolute Gasteiger partial charge is 0.0971 e. The van der Waals surface area contributed by atoms with E-state index in [2.05, 4.69) is 41.0 Å². The van der Waals surface area contributed by atoms with E-state index >= 15 is 0 Å². The van der Waals surface area contributed by atoms with Crippen LogP contribution in [0.1, 0.15) is 136 Å². The van der Waals surface area contributed by atoms with Gasteiger partial charge in [-0.2, -0.15) is 0 Å². The third-order valence-corrected chi connectivity index (χ3v) is 6.15. The van der Waals surface area contributed by atoms with E-state index in [1.807, 2.05) is 12.2 Å². The van der Waals surface area contributed by atoms with Crippen LogP contribution in [0.3, 0.4) is 0 Å². The largest absolute Gasteiger partial charge is 1.00 e. The minimum atomic E-state index is 0. The highest BCUT2D eigenvalue weighted by molar-refractivity contribution is 8.93. The van der Waals surface area contributed by atoms with E-state index in [0.29, 0.717) is 0 Å². The Labute approximate surface area is 242 Å². The third kappa shape index (κ3) is 37.6. The van der Waals surface area contributed by atoms with Crippen molar-refractivity contribution in [1.82, 2.24) is 0 Å².